The second-order valence-corrected chi connectivity index (χ2v) is 11.0. The number of rotatable bonds is 10. The molecule has 3 aliphatic heterocycles. The number of benzene rings is 3. The Labute approximate surface area is 231 Å². The largest absolute Gasteiger partial charge is 0.422 e. The molecule has 7 nitrogen and oxygen atoms in total. The molecule has 0 radical (unpaired) electrons. The van der Waals surface area contributed by atoms with Crippen LogP contribution in [0.3, 0.4) is 0 Å². The lowest BCUT2D eigenvalue weighted by molar-refractivity contribution is -0.939. The zero-order valence-electron chi connectivity index (χ0n) is 22.9. The van der Waals surface area contributed by atoms with Gasteiger partial charge in [0.25, 0.3) is 0 Å². The fraction of sp³-hybridized carbons (Fsp3) is 0.344. The first-order valence-corrected chi connectivity index (χ1v) is 14.1. The Balaban J connectivity index is 1.15. The second-order valence-electron chi connectivity index (χ2n) is 11.0. The van der Waals surface area contributed by atoms with Crippen LogP contribution in [0.15, 0.2) is 108 Å². The molecule has 3 saturated heterocycles. The monoisotopic (exact) mass is 521 g/mol. The minimum absolute atomic E-state index is 0.749. The quantitative estimate of drug-likeness (QED) is 0.170. The Bertz CT molecular complexity index is 1300. The normalized spacial score (nSPS) is 20.5. The summed E-state index contributed by atoms with van der Waals surface area (Å²) in [5, 5.41) is 9.42. The lowest BCUT2D eigenvalue weighted by Crippen LogP contribution is -2.68. The Morgan fingerprint density at radius 3 is 2.10 bits per heavy atom. The minimum Gasteiger partial charge on any atom is -0.369 e. The average Bonchev–Trinajstić information content (AvgIpc) is 3.37. The van der Waals surface area contributed by atoms with Crippen LogP contribution in [0.5, 0.6) is 0 Å². The van der Waals surface area contributed by atoms with Gasteiger partial charge in [-0.1, -0.05) is 65.8 Å². The number of anilines is 1. The lowest BCUT2D eigenvalue weighted by Gasteiger charge is -2.51. The standard InChI is InChI=1S/C32H39N7/c1-35(18-22-39-23-19-36(20-24-39)21-25-39)31-14-12-30(13-15-31)33-34-32-37(26-28-8-4-2-5-9-28)16-17-38(32)27-29-10-6-3-7-11-29/h2-17H,18-27H2,1H3/q+2. The van der Waals surface area contributed by atoms with Gasteiger partial charge in [0.15, 0.2) is 0 Å². The average molecular weight is 522 g/mol. The maximum atomic E-state index is 4.76. The molecule has 1 aromatic heterocycles. The Hall–Kier alpha value is -3.81. The highest BCUT2D eigenvalue weighted by Gasteiger charge is 2.38. The van der Waals surface area contributed by atoms with Crippen molar-refractivity contribution in [1.29, 1.82) is 0 Å². The molecule has 2 bridgehead atoms. The number of azo groups is 1. The van der Waals surface area contributed by atoms with Gasteiger partial charge in [0, 0.05) is 37.5 Å². The molecule has 0 aliphatic carbocycles. The first kappa shape index (κ1) is 25.5. The summed E-state index contributed by atoms with van der Waals surface area (Å²) >= 11 is 0. The van der Waals surface area contributed by atoms with Crippen molar-refractivity contribution < 1.29 is 9.05 Å². The molecule has 7 heteroatoms. The molecule has 0 spiro atoms. The van der Waals surface area contributed by atoms with Crippen LogP contribution in [-0.4, -0.2) is 73.4 Å². The van der Waals surface area contributed by atoms with E-state index in [4.69, 9.17) is 5.11 Å². The van der Waals surface area contributed by atoms with Crippen LogP contribution in [0.25, 0.3) is 0 Å². The van der Waals surface area contributed by atoms with Crippen LogP contribution < -0.4 is 9.47 Å². The molecule has 200 valence electrons. The van der Waals surface area contributed by atoms with Gasteiger partial charge in [-0.2, -0.15) is 0 Å². The van der Waals surface area contributed by atoms with Crippen LogP contribution >= 0.6 is 0 Å². The van der Waals surface area contributed by atoms with Gasteiger partial charge < -0.3 is 9.38 Å². The predicted octanol–water partition coefficient (Wildman–Crippen LogP) is 4.87. The first-order chi connectivity index (χ1) is 19.2. The number of nitrogens with zero attached hydrogens (tertiary/aromatic N) is 7. The zero-order chi connectivity index (χ0) is 26.5. The van der Waals surface area contributed by atoms with E-state index in [1.807, 2.05) is 12.1 Å². The second kappa shape index (κ2) is 11.5. The summed E-state index contributed by atoms with van der Waals surface area (Å²) in [7, 11) is 2.21. The molecule has 3 fully saturated rings. The van der Waals surface area contributed by atoms with Crippen LogP contribution in [0, 0.1) is 0 Å². The van der Waals surface area contributed by atoms with E-state index in [9.17, 15) is 0 Å². The molecule has 0 amide bonds. The fourth-order valence-electron chi connectivity index (χ4n) is 5.82. The molecule has 0 saturated carbocycles. The van der Waals surface area contributed by atoms with E-state index < -0.39 is 0 Å². The first-order valence-electron chi connectivity index (χ1n) is 14.1. The van der Waals surface area contributed by atoms with E-state index in [2.05, 4.69) is 116 Å². The summed E-state index contributed by atoms with van der Waals surface area (Å²) in [5.74, 6) is 0.833. The van der Waals surface area contributed by atoms with Gasteiger partial charge in [-0.25, -0.2) is 9.13 Å². The van der Waals surface area contributed by atoms with Crippen LogP contribution in [0.4, 0.5) is 17.3 Å². The topological polar surface area (TPSA) is 40.0 Å². The van der Waals surface area contributed by atoms with Gasteiger partial charge in [0.1, 0.15) is 5.69 Å². The third-order valence-corrected chi connectivity index (χ3v) is 8.46. The summed E-state index contributed by atoms with van der Waals surface area (Å²) in [6, 6.07) is 29.5. The maximum Gasteiger partial charge on any atom is 0.422 e. The van der Waals surface area contributed by atoms with Crippen LogP contribution in [-0.2, 0) is 13.1 Å². The summed E-state index contributed by atoms with van der Waals surface area (Å²) < 4.78 is 5.62. The van der Waals surface area contributed by atoms with Gasteiger partial charge in [0.2, 0.25) is 0 Å². The van der Waals surface area contributed by atoms with Crippen LogP contribution in [0.2, 0.25) is 0 Å². The molecule has 0 unspecified atom stereocenters. The molecule has 0 atom stereocenters. The van der Waals surface area contributed by atoms with E-state index in [1.54, 1.807) is 0 Å². The zero-order valence-corrected chi connectivity index (χ0v) is 22.9. The molecular weight excluding hydrogens is 482 g/mol. The molecule has 7 rings (SSSR count). The summed E-state index contributed by atoms with van der Waals surface area (Å²) in [4.78, 5) is 4.99. The molecule has 3 aliphatic rings. The maximum absolute atomic E-state index is 4.76. The summed E-state index contributed by atoms with van der Waals surface area (Å²) in [6.07, 6.45) is 4.19. The Kier molecular flexibility index (Phi) is 7.52. The molecule has 39 heavy (non-hydrogen) atoms. The van der Waals surface area contributed by atoms with Gasteiger partial charge >= 0.3 is 5.95 Å². The number of imidazole rings is 1. The van der Waals surface area contributed by atoms with E-state index in [0.717, 1.165) is 31.3 Å². The number of quaternary nitrogens is 1. The van der Waals surface area contributed by atoms with Crippen molar-refractivity contribution in [3.63, 3.8) is 0 Å². The van der Waals surface area contributed by atoms with E-state index in [0.29, 0.717) is 0 Å². The van der Waals surface area contributed by atoms with Crippen molar-refractivity contribution >= 4 is 17.3 Å². The van der Waals surface area contributed by atoms with Crippen molar-refractivity contribution in [1.82, 2.24) is 9.47 Å². The van der Waals surface area contributed by atoms with E-state index in [1.165, 1.54) is 67.1 Å². The van der Waals surface area contributed by atoms with Crippen molar-refractivity contribution in [3.8, 4) is 0 Å². The number of hydrogen-bond acceptors (Lipinski definition) is 4. The highest BCUT2D eigenvalue weighted by Crippen LogP contribution is 2.23. The molecule has 4 heterocycles. The minimum atomic E-state index is 0.749. The number of aromatic nitrogens is 2. The lowest BCUT2D eigenvalue weighted by atomic mass is 10.1. The third kappa shape index (κ3) is 6.10. The molecule has 4 aromatic rings. The van der Waals surface area contributed by atoms with E-state index >= 15 is 0 Å². The van der Waals surface area contributed by atoms with Gasteiger partial charge in [0.05, 0.1) is 58.2 Å². The Morgan fingerprint density at radius 1 is 0.795 bits per heavy atom. The van der Waals surface area contributed by atoms with Gasteiger partial charge in [-0.05, 0) is 35.4 Å². The number of fused-ring (bicyclic) bond motifs is 3. The smallest absolute Gasteiger partial charge is 0.369 e. The Morgan fingerprint density at radius 2 is 1.44 bits per heavy atom. The predicted molar refractivity (Wildman–Crippen MR) is 156 cm³/mol. The molecular formula is C32H39N7+2. The molecule has 0 N–H and O–H groups in total. The number of hydrogen-bond donors (Lipinski definition) is 0. The number of piperazine rings is 3. The van der Waals surface area contributed by atoms with Crippen LogP contribution in [0.1, 0.15) is 11.1 Å². The van der Waals surface area contributed by atoms with Crippen molar-refractivity contribution in [2.75, 3.05) is 64.3 Å². The summed E-state index contributed by atoms with van der Waals surface area (Å²) in [6.45, 7) is 11.5. The SMILES string of the molecule is CN(CC[N+]12CCN(CC1)CC2)c1ccc(/N=N/c2n(Cc3ccccc3)cc[n+]2Cc2ccccc2)cc1. The molecule has 3 aromatic carbocycles. The summed E-state index contributed by atoms with van der Waals surface area (Å²) in [5.41, 5.74) is 4.57. The van der Waals surface area contributed by atoms with Crippen molar-refractivity contribution in [2.45, 2.75) is 13.1 Å². The fourth-order valence-corrected chi connectivity index (χ4v) is 5.82. The number of likely N-dealkylation sites (N-methyl/N-ethyl adjacent to an activating group) is 1. The third-order valence-electron chi connectivity index (χ3n) is 8.46. The van der Waals surface area contributed by atoms with Gasteiger partial charge in [-0.15, -0.1) is 0 Å². The van der Waals surface area contributed by atoms with Crippen molar-refractivity contribution in [3.05, 3.63) is 108 Å². The van der Waals surface area contributed by atoms with Gasteiger partial charge in [-0.3, -0.25) is 4.90 Å². The highest BCUT2D eigenvalue weighted by atomic mass is 15.5. The highest BCUT2D eigenvalue weighted by molar-refractivity contribution is 5.52. The van der Waals surface area contributed by atoms with Crippen molar-refractivity contribution in [2.24, 2.45) is 10.2 Å². The van der Waals surface area contributed by atoms with E-state index in [-0.39, 0.29) is 0 Å².